The minimum Gasteiger partial charge on any atom is -0.455 e. The van der Waals surface area contributed by atoms with Crippen molar-refractivity contribution < 1.29 is 9.53 Å². The molecule has 0 unspecified atom stereocenters. The Kier molecular flexibility index (Phi) is 10.7. The van der Waals surface area contributed by atoms with Gasteiger partial charge in [-0.25, -0.2) is 0 Å². The Bertz CT molecular complexity index is 1460. The maximum absolute atomic E-state index is 14.6. The van der Waals surface area contributed by atoms with E-state index in [0.717, 1.165) is 28.7 Å². The quantitative estimate of drug-likeness (QED) is 0.0998. The molecule has 0 amide bonds. The smallest absolute Gasteiger partial charge is 0.319 e. The van der Waals surface area contributed by atoms with Crippen LogP contribution >= 0.6 is 11.8 Å². The predicted molar refractivity (Wildman–Crippen MR) is 184 cm³/mol. The summed E-state index contributed by atoms with van der Waals surface area (Å²) in [6.07, 6.45) is 0.999. The Morgan fingerprint density at radius 3 is 1.50 bits per heavy atom. The fourth-order valence-electron chi connectivity index (χ4n) is 5.66. The molecule has 0 aromatic heterocycles. The van der Waals surface area contributed by atoms with Gasteiger partial charge in [0.05, 0.1) is 4.75 Å². The molecule has 0 aliphatic rings. The van der Waals surface area contributed by atoms with Gasteiger partial charge in [0.2, 0.25) is 0 Å². The van der Waals surface area contributed by atoms with Crippen molar-refractivity contribution in [3.63, 3.8) is 0 Å². The monoisotopic (exact) mass is 599 g/mol. The molecule has 0 aliphatic carbocycles. The number of rotatable bonds is 13. The van der Waals surface area contributed by atoms with E-state index in [-0.39, 0.29) is 12.0 Å². The summed E-state index contributed by atoms with van der Waals surface area (Å²) in [6, 6.07) is 52.2. The number of esters is 1. The SMILES string of the molecule is C[C@@H]([C@@H](OC(=O)[C@@H](CCc1ccccc1)SC(c1ccccc1)(c1ccccc1)c1ccccc1)c1ccccc1)N(C)C. The Morgan fingerprint density at radius 1 is 0.659 bits per heavy atom. The summed E-state index contributed by atoms with van der Waals surface area (Å²) in [5.74, 6) is -0.194. The molecule has 44 heavy (non-hydrogen) atoms. The molecule has 224 valence electrons. The zero-order valence-electron chi connectivity index (χ0n) is 25.8. The van der Waals surface area contributed by atoms with E-state index in [1.807, 2.05) is 68.7 Å². The van der Waals surface area contributed by atoms with Gasteiger partial charge in [-0.2, -0.15) is 0 Å². The first-order valence-corrected chi connectivity index (χ1v) is 16.2. The first-order valence-electron chi connectivity index (χ1n) is 15.3. The summed E-state index contributed by atoms with van der Waals surface area (Å²) in [4.78, 5) is 16.7. The standard InChI is InChI=1S/C40H41NO2S/c1-31(41(2)3)38(33-21-11-5-12-22-33)43-39(42)37(30-29-32-19-9-4-10-20-32)44-40(34-23-13-6-14-24-34,35-25-15-7-16-26-35)36-27-17-8-18-28-36/h4-28,31,37-38H,29-30H2,1-3H3/t31-,37+,38+/m0/s1. The molecule has 0 saturated heterocycles. The normalized spacial score (nSPS) is 13.6. The molecule has 0 aliphatic heterocycles. The van der Waals surface area contributed by atoms with E-state index >= 15 is 0 Å². The molecule has 5 aromatic carbocycles. The Labute approximate surface area is 266 Å². The van der Waals surface area contributed by atoms with Crippen LogP contribution in [0.1, 0.15) is 47.3 Å². The highest BCUT2D eigenvalue weighted by molar-refractivity contribution is 8.01. The van der Waals surface area contributed by atoms with E-state index in [1.54, 1.807) is 11.8 Å². The van der Waals surface area contributed by atoms with Crippen LogP contribution in [0.25, 0.3) is 0 Å². The van der Waals surface area contributed by atoms with Crippen molar-refractivity contribution in [2.45, 2.75) is 41.9 Å². The van der Waals surface area contributed by atoms with E-state index in [1.165, 1.54) is 5.56 Å². The fraction of sp³-hybridized carbons (Fsp3) is 0.225. The maximum atomic E-state index is 14.6. The second kappa shape index (κ2) is 15.1. The lowest BCUT2D eigenvalue weighted by Crippen LogP contribution is -2.37. The number of aryl methyl sites for hydroxylation is 1. The molecule has 0 saturated carbocycles. The highest BCUT2D eigenvalue weighted by Crippen LogP contribution is 2.51. The molecular formula is C40H41NO2S. The van der Waals surface area contributed by atoms with Crippen molar-refractivity contribution in [2.24, 2.45) is 0 Å². The highest BCUT2D eigenvalue weighted by atomic mass is 32.2. The number of nitrogens with zero attached hydrogens (tertiary/aromatic N) is 1. The first-order chi connectivity index (χ1) is 21.5. The predicted octanol–water partition coefficient (Wildman–Crippen LogP) is 8.95. The van der Waals surface area contributed by atoms with Gasteiger partial charge in [-0.05, 0) is 61.7 Å². The van der Waals surface area contributed by atoms with Gasteiger partial charge in [-0.15, -0.1) is 11.8 Å². The van der Waals surface area contributed by atoms with Crippen LogP contribution in [0.5, 0.6) is 0 Å². The molecule has 3 atom stereocenters. The van der Waals surface area contributed by atoms with E-state index < -0.39 is 16.1 Å². The molecule has 0 spiro atoms. The van der Waals surface area contributed by atoms with Crippen LogP contribution in [0.2, 0.25) is 0 Å². The lowest BCUT2D eigenvalue weighted by Gasteiger charge is -2.38. The van der Waals surface area contributed by atoms with E-state index in [2.05, 4.69) is 109 Å². The minimum absolute atomic E-state index is 0.0109. The molecular weight excluding hydrogens is 559 g/mol. The Hall–Kier alpha value is -4.12. The molecule has 0 fully saturated rings. The number of ether oxygens (including phenoxy) is 1. The van der Waals surface area contributed by atoms with Crippen molar-refractivity contribution in [2.75, 3.05) is 14.1 Å². The number of carbonyl (C=O) groups is 1. The number of thioether (sulfide) groups is 1. The van der Waals surface area contributed by atoms with Crippen LogP contribution in [0, 0.1) is 0 Å². The molecule has 0 bridgehead atoms. The van der Waals surface area contributed by atoms with Gasteiger partial charge in [0.1, 0.15) is 11.4 Å². The zero-order chi connectivity index (χ0) is 30.8. The summed E-state index contributed by atoms with van der Waals surface area (Å²) < 4.78 is 5.92. The lowest BCUT2D eigenvalue weighted by molar-refractivity contribution is -0.151. The van der Waals surface area contributed by atoms with Gasteiger partial charge >= 0.3 is 5.97 Å². The van der Waals surface area contributed by atoms with Crippen molar-refractivity contribution in [1.29, 1.82) is 0 Å². The summed E-state index contributed by atoms with van der Waals surface area (Å²) in [5.41, 5.74) is 5.58. The molecule has 5 rings (SSSR count). The average Bonchev–Trinajstić information content (AvgIpc) is 3.09. The summed E-state index contributed by atoms with van der Waals surface area (Å²) >= 11 is 1.69. The summed E-state index contributed by atoms with van der Waals surface area (Å²) in [5, 5.41) is -0.448. The third-order valence-electron chi connectivity index (χ3n) is 8.28. The zero-order valence-corrected chi connectivity index (χ0v) is 26.6. The number of likely N-dealkylation sites (N-methyl/N-ethyl adjacent to an activating group) is 1. The van der Waals surface area contributed by atoms with Gasteiger partial charge < -0.3 is 9.64 Å². The maximum Gasteiger partial charge on any atom is 0.319 e. The third kappa shape index (κ3) is 7.32. The molecule has 0 heterocycles. The van der Waals surface area contributed by atoms with Crippen LogP contribution in [-0.2, 0) is 20.7 Å². The van der Waals surface area contributed by atoms with Crippen LogP contribution < -0.4 is 0 Å². The van der Waals surface area contributed by atoms with Crippen molar-refractivity contribution in [3.8, 4) is 0 Å². The van der Waals surface area contributed by atoms with Gasteiger partial charge in [-0.3, -0.25) is 4.79 Å². The lowest BCUT2D eigenvalue weighted by atomic mass is 9.84. The fourth-order valence-corrected chi connectivity index (χ4v) is 7.29. The van der Waals surface area contributed by atoms with Crippen LogP contribution in [0.3, 0.4) is 0 Å². The molecule has 0 N–H and O–H groups in total. The first kappa shape index (κ1) is 31.3. The van der Waals surface area contributed by atoms with Gasteiger partial charge in [0, 0.05) is 6.04 Å². The Balaban J connectivity index is 1.61. The summed E-state index contributed by atoms with van der Waals surface area (Å²) in [7, 11) is 4.06. The van der Waals surface area contributed by atoms with Crippen molar-refractivity contribution in [1.82, 2.24) is 4.90 Å². The molecule has 0 radical (unpaired) electrons. The van der Waals surface area contributed by atoms with Crippen LogP contribution in [0.15, 0.2) is 152 Å². The largest absolute Gasteiger partial charge is 0.455 e. The van der Waals surface area contributed by atoms with Crippen LogP contribution in [-0.4, -0.2) is 36.3 Å². The van der Waals surface area contributed by atoms with Gasteiger partial charge in [0.25, 0.3) is 0 Å². The second-order valence-electron chi connectivity index (χ2n) is 11.4. The minimum atomic E-state index is -0.639. The van der Waals surface area contributed by atoms with Gasteiger partial charge in [-0.1, -0.05) is 152 Å². The number of hydrogen-bond donors (Lipinski definition) is 0. The third-order valence-corrected chi connectivity index (χ3v) is 10.1. The van der Waals surface area contributed by atoms with Crippen molar-refractivity contribution in [3.05, 3.63) is 179 Å². The van der Waals surface area contributed by atoms with E-state index in [9.17, 15) is 4.79 Å². The molecule has 3 nitrogen and oxygen atoms in total. The van der Waals surface area contributed by atoms with E-state index in [0.29, 0.717) is 6.42 Å². The number of benzene rings is 5. The molecule has 5 aromatic rings. The average molecular weight is 600 g/mol. The topological polar surface area (TPSA) is 29.5 Å². The Morgan fingerprint density at radius 2 is 1.07 bits per heavy atom. The highest BCUT2D eigenvalue weighted by Gasteiger charge is 2.42. The second-order valence-corrected chi connectivity index (χ2v) is 12.8. The molecule has 4 heteroatoms. The summed E-state index contributed by atoms with van der Waals surface area (Å²) in [6.45, 7) is 2.11. The van der Waals surface area contributed by atoms with Gasteiger partial charge in [0.15, 0.2) is 0 Å². The van der Waals surface area contributed by atoms with Crippen LogP contribution in [0.4, 0.5) is 0 Å². The number of hydrogen-bond acceptors (Lipinski definition) is 4. The number of carbonyl (C=O) groups excluding carboxylic acids is 1. The van der Waals surface area contributed by atoms with E-state index in [4.69, 9.17) is 4.74 Å². The van der Waals surface area contributed by atoms with Crippen molar-refractivity contribution >= 4 is 17.7 Å².